The van der Waals surface area contributed by atoms with Crippen molar-refractivity contribution in [3.63, 3.8) is 0 Å². The van der Waals surface area contributed by atoms with E-state index in [1.807, 2.05) is 26.0 Å². The number of nitrogen functional groups attached to an aromatic ring is 1. The first-order valence-electron chi connectivity index (χ1n) is 5.46. The van der Waals surface area contributed by atoms with E-state index in [0.717, 1.165) is 5.69 Å². The van der Waals surface area contributed by atoms with E-state index in [9.17, 15) is 4.79 Å². The van der Waals surface area contributed by atoms with Crippen molar-refractivity contribution in [2.75, 3.05) is 24.2 Å². The monoisotopic (exact) mass is 237 g/mol. The van der Waals surface area contributed by atoms with Gasteiger partial charge in [-0.2, -0.15) is 0 Å². The molecule has 0 heterocycles. The van der Waals surface area contributed by atoms with Gasteiger partial charge in [-0.15, -0.1) is 0 Å². The fourth-order valence-electron chi connectivity index (χ4n) is 1.54. The summed E-state index contributed by atoms with van der Waals surface area (Å²) in [6, 6.07) is 5.46. The normalized spacial score (nSPS) is 10.4. The molecule has 1 amide bonds. The summed E-state index contributed by atoms with van der Waals surface area (Å²) in [6.07, 6.45) is 0.0500. The first-order valence-corrected chi connectivity index (χ1v) is 5.46. The third-order valence-electron chi connectivity index (χ3n) is 2.21. The Labute approximate surface area is 101 Å². The van der Waals surface area contributed by atoms with Crippen molar-refractivity contribution in [1.82, 2.24) is 0 Å². The molecule has 0 aliphatic heterocycles. The number of anilines is 2. The molecule has 0 aliphatic rings. The molecule has 0 radical (unpaired) electrons. The van der Waals surface area contributed by atoms with Gasteiger partial charge in [0.05, 0.1) is 24.0 Å². The van der Waals surface area contributed by atoms with Crippen LogP contribution >= 0.6 is 0 Å². The highest BCUT2D eigenvalue weighted by Crippen LogP contribution is 2.32. The number of nitrogens with two attached hydrogens (primary N) is 2. The van der Waals surface area contributed by atoms with Gasteiger partial charge in [-0.3, -0.25) is 4.79 Å². The summed E-state index contributed by atoms with van der Waals surface area (Å²) in [5.74, 6) is 0.218. The number of amides is 1. The fourth-order valence-corrected chi connectivity index (χ4v) is 1.54. The molecule has 0 saturated heterocycles. The quantitative estimate of drug-likeness (QED) is 0.748. The number of ether oxygens (including phenoxy) is 1. The molecule has 0 spiro atoms. The molecule has 94 valence electrons. The molecule has 0 saturated carbocycles. The van der Waals surface area contributed by atoms with Gasteiger partial charge in [0.15, 0.2) is 0 Å². The first-order chi connectivity index (χ1) is 7.91. The SMILES string of the molecule is CC(C)Oc1cccc(N(C)CC(N)=O)c1N. The van der Waals surface area contributed by atoms with Crippen molar-refractivity contribution in [1.29, 1.82) is 0 Å². The summed E-state index contributed by atoms with van der Waals surface area (Å²) >= 11 is 0. The molecule has 0 fully saturated rings. The van der Waals surface area contributed by atoms with Gasteiger partial charge in [0.2, 0.25) is 5.91 Å². The molecule has 0 aliphatic carbocycles. The van der Waals surface area contributed by atoms with E-state index in [2.05, 4.69) is 0 Å². The lowest BCUT2D eigenvalue weighted by molar-refractivity contribution is -0.116. The van der Waals surface area contributed by atoms with Gasteiger partial charge >= 0.3 is 0 Å². The second-order valence-electron chi connectivity index (χ2n) is 4.18. The smallest absolute Gasteiger partial charge is 0.236 e. The molecule has 0 bridgehead atoms. The Morgan fingerprint density at radius 1 is 1.47 bits per heavy atom. The van der Waals surface area contributed by atoms with Gasteiger partial charge in [0, 0.05) is 7.05 Å². The molecule has 1 aromatic rings. The zero-order chi connectivity index (χ0) is 13.0. The van der Waals surface area contributed by atoms with E-state index in [-0.39, 0.29) is 12.6 Å². The molecule has 0 atom stereocenters. The van der Waals surface area contributed by atoms with Gasteiger partial charge in [-0.25, -0.2) is 0 Å². The highest BCUT2D eigenvalue weighted by molar-refractivity contribution is 5.82. The van der Waals surface area contributed by atoms with Crippen LogP contribution < -0.4 is 21.1 Å². The van der Waals surface area contributed by atoms with Crippen LogP contribution in [0.5, 0.6) is 5.75 Å². The second-order valence-corrected chi connectivity index (χ2v) is 4.18. The number of primary amides is 1. The summed E-state index contributed by atoms with van der Waals surface area (Å²) in [5.41, 5.74) is 12.4. The van der Waals surface area contributed by atoms with Crippen LogP contribution in [-0.4, -0.2) is 25.6 Å². The minimum absolute atomic E-state index is 0.0500. The van der Waals surface area contributed by atoms with Crippen LogP contribution in [0.1, 0.15) is 13.8 Å². The van der Waals surface area contributed by atoms with Crippen LogP contribution in [0.25, 0.3) is 0 Å². The molecule has 5 heteroatoms. The molecule has 4 N–H and O–H groups in total. The van der Waals surface area contributed by atoms with Crippen molar-refractivity contribution >= 4 is 17.3 Å². The molecular weight excluding hydrogens is 218 g/mol. The third kappa shape index (κ3) is 3.55. The zero-order valence-corrected chi connectivity index (χ0v) is 10.4. The van der Waals surface area contributed by atoms with Crippen molar-refractivity contribution in [2.24, 2.45) is 5.73 Å². The Kier molecular flexibility index (Phi) is 4.20. The third-order valence-corrected chi connectivity index (χ3v) is 2.21. The number of para-hydroxylation sites is 1. The number of likely N-dealkylation sites (N-methyl/N-ethyl adjacent to an activating group) is 1. The van der Waals surface area contributed by atoms with Crippen LogP contribution in [0.15, 0.2) is 18.2 Å². The predicted molar refractivity (Wildman–Crippen MR) is 69.1 cm³/mol. The molecule has 1 rings (SSSR count). The summed E-state index contributed by atoms with van der Waals surface area (Å²) in [5, 5.41) is 0. The number of hydrogen-bond donors (Lipinski definition) is 2. The lowest BCUT2D eigenvalue weighted by Crippen LogP contribution is -2.31. The Balaban J connectivity index is 2.97. The van der Waals surface area contributed by atoms with Gasteiger partial charge in [-0.05, 0) is 26.0 Å². The summed E-state index contributed by atoms with van der Waals surface area (Å²) in [7, 11) is 1.76. The fraction of sp³-hybridized carbons (Fsp3) is 0.417. The van der Waals surface area contributed by atoms with E-state index in [4.69, 9.17) is 16.2 Å². The Morgan fingerprint density at radius 3 is 2.65 bits per heavy atom. The van der Waals surface area contributed by atoms with Crippen molar-refractivity contribution < 1.29 is 9.53 Å². The summed E-state index contributed by atoms with van der Waals surface area (Å²) < 4.78 is 5.57. The van der Waals surface area contributed by atoms with Crippen LogP contribution in [0.3, 0.4) is 0 Å². The highest BCUT2D eigenvalue weighted by atomic mass is 16.5. The van der Waals surface area contributed by atoms with Gasteiger partial charge in [0.25, 0.3) is 0 Å². The van der Waals surface area contributed by atoms with Gasteiger partial charge < -0.3 is 21.1 Å². The number of carbonyl (C=O) groups is 1. The van der Waals surface area contributed by atoms with Crippen molar-refractivity contribution in [2.45, 2.75) is 20.0 Å². The number of carbonyl (C=O) groups excluding carboxylic acids is 1. The standard InChI is InChI=1S/C12H19N3O2/c1-8(2)17-10-6-4-5-9(12(10)14)15(3)7-11(13)16/h4-6,8H,7,14H2,1-3H3,(H2,13,16). The predicted octanol–water partition coefficient (Wildman–Crippen LogP) is 0.978. The average Bonchev–Trinajstić information content (AvgIpc) is 2.19. The number of benzene rings is 1. The maximum atomic E-state index is 10.9. The minimum atomic E-state index is -0.401. The molecule has 0 aromatic heterocycles. The lowest BCUT2D eigenvalue weighted by Gasteiger charge is -2.21. The second kappa shape index (κ2) is 5.43. The number of hydrogen-bond acceptors (Lipinski definition) is 4. The van der Waals surface area contributed by atoms with E-state index in [1.54, 1.807) is 18.0 Å². The van der Waals surface area contributed by atoms with E-state index < -0.39 is 5.91 Å². The molecule has 0 unspecified atom stereocenters. The Hall–Kier alpha value is -1.91. The van der Waals surface area contributed by atoms with Crippen LogP contribution in [0.2, 0.25) is 0 Å². The topological polar surface area (TPSA) is 81.6 Å². The minimum Gasteiger partial charge on any atom is -0.489 e. The maximum Gasteiger partial charge on any atom is 0.236 e. The van der Waals surface area contributed by atoms with E-state index in [1.165, 1.54) is 0 Å². The van der Waals surface area contributed by atoms with E-state index in [0.29, 0.717) is 11.4 Å². The Bertz CT molecular complexity index is 405. The van der Waals surface area contributed by atoms with Crippen molar-refractivity contribution in [3.05, 3.63) is 18.2 Å². The molecule has 5 nitrogen and oxygen atoms in total. The molecule has 1 aromatic carbocycles. The molecular formula is C12H19N3O2. The highest BCUT2D eigenvalue weighted by Gasteiger charge is 2.12. The first kappa shape index (κ1) is 13.2. The molecule has 17 heavy (non-hydrogen) atoms. The lowest BCUT2D eigenvalue weighted by atomic mass is 10.2. The van der Waals surface area contributed by atoms with Gasteiger partial charge in [-0.1, -0.05) is 6.07 Å². The van der Waals surface area contributed by atoms with Crippen LogP contribution in [-0.2, 0) is 4.79 Å². The van der Waals surface area contributed by atoms with Gasteiger partial charge in [0.1, 0.15) is 5.75 Å². The number of rotatable bonds is 5. The summed E-state index contributed by atoms with van der Waals surface area (Å²) in [4.78, 5) is 12.6. The Morgan fingerprint density at radius 2 is 2.12 bits per heavy atom. The number of nitrogens with zero attached hydrogens (tertiary/aromatic N) is 1. The van der Waals surface area contributed by atoms with Crippen molar-refractivity contribution in [3.8, 4) is 5.75 Å². The maximum absolute atomic E-state index is 10.9. The van der Waals surface area contributed by atoms with Crippen LogP contribution in [0, 0.1) is 0 Å². The average molecular weight is 237 g/mol. The largest absolute Gasteiger partial charge is 0.489 e. The zero-order valence-electron chi connectivity index (χ0n) is 10.4. The van der Waals surface area contributed by atoms with Crippen LogP contribution in [0.4, 0.5) is 11.4 Å². The summed E-state index contributed by atoms with van der Waals surface area (Å²) in [6.45, 7) is 3.98. The van der Waals surface area contributed by atoms with E-state index >= 15 is 0 Å².